The first kappa shape index (κ1) is 14.7. The highest BCUT2D eigenvalue weighted by atomic mass is 19.1. The van der Waals surface area contributed by atoms with E-state index in [1.165, 1.54) is 18.2 Å². The molecular weight excluding hydrogens is 256 g/mol. The van der Waals surface area contributed by atoms with Gasteiger partial charge >= 0.3 is 0 Å². The molecule has 2 aromatic rings. The Balaban J connectivity index is 2.19. The van der Waals surface area contributed by atoms with Crippen molar-refractivity contribution < 1.29 is 8.78 Å². The van der Waals surface area contributed by atoms with Gasteiger partial charge in [0, 0.05) is 12.5 Å². The van der Waals surface area contributed by atoms with Gasteiger partial charge < -0.3 is 5.32 Å². The fourth-order valence-electron chi connectivity index (χ4n) is 2.34. The van der Waals surface area contributed by atoms with Crippen LogP contribution in [0.4, 0.5) is 8.78 Å². The third kappa shape index (κ3) is 4.14. The summed E-state index contributed by atoms with van der Waals surface area (Å²) in [4.78, 5) is 0. The second kappa shape index (κ2) is 7.15. The van der Waals surface area contributed by atoms with Crippen LogP contribution < -0.4 is 5.32 Å². The van der Waals surface area contributed by atoms with Gasteiger partial charge in [0.2, 0.25) is 0 Å². The Kier molecular flexibility index (Phi) is 5.24. The number of hydrogen-bond donors (Lipinski definition) is 1. The van der Waals surface area contributed by atoms with Crippen LogP contribution >= 0.6 is 0 Å². The zero-order valence-corrected chi connectivity index (χ0v) is 11.6. The summed E-state index contributed by atoms with van der Waals surface area (Å²) in [5, 5.41) is 3.28. The van der Waals surface area contributed by atoms with E-state index in [0.29, 0.717) is 6.42 Å². The SMILES string of the molecule is CCNCC(Cc1cccc(F)c1)c1cccc(F)c1. The lowest BCUT2D eigenvalue weighted by Crippen LogP contribution is -2.22. The zero-order chi connectivity index (χ0) is 14.4. The van der Waals surface area contributed by atoms with E-state index >= 15 is 0 Å². The topological polar surface area (TPSA) is 12.0 Å². The molecule has 3 heteroatoms. The van der Waals surface area contributed by atoms with Crippen LogP contribution in [0.5, 0.6) is 0 Å². The van der Waals surface area contributed by atoms with E-state index in [1.54, 1.807) is 18.2 Å². The molecule has 1 N–H and O–H groups in total. The average molecular weight is 275 g/mol. The first-order valence-electron chi connectivity index (χ1n) is 6.89. The lowest BCUT2D eigenvalue weighted by atomic mass is 9.91. The Bertz CT molecular complexity index is 554. The normalized spacial score (nSPS) is 12.3. The minimum Gasteiger partial charge on any atom is -0.316 e. The number of hydrogen-bond acceptors (Lipinski definition) is 1. The fourth-order valence-corrected chi connectivity index (χ4v) is 2.34. The highest BCUT2D eigenvalue weighted by molar-refractivity contribution is 5.25. The Hall–Kier alpha value is -1.74. The van der Waals surface area contributed by atoms with Gasteiger partial charge in [-0.2, -0.15) is 0 Å². The fraction of sp³-hybridized carbons (Fsp3) is 0.294. The summed E-state index contributed by atoms with van der Waals surface area (Å²) < 4.78 is 26.6. The van der Waals surface area contributed by atoms with E-state index in [9.17, 15) is 8.78 Å². The maximum Gasteiger partial charge on any atom is 0.123 e. The van der Waals surface area contributed by atoms with Crippen molar-refractivity contribution in [1.82, 2.24) is 5.32 Å². The molecule has 0 radical (unpaired) electrons. The van der Waals surface area contributed by atoms with Gasteiger partial charge in [0.05, 0.1) is 0 Å². The van der Waals surface area contributed by atoms with Crippen molar-refractivity contribution in [2.45, 2.75) is 19.3 Å². The van der Waals surface area contributed by atoms with Gasteiger partial charge in [-0.05, 0) is 48.4 Å². The summed E-state index contributed by atoms with van der Waals surface area (Å²) in [7, 11) is 0. The van der Waals surface area contributed by atoms with Crippen molar-refractivity contribution in [2.75, 3.05) is 13.1 Å². The number of nitrogens with one attached hydrogen (secondary N) is 1. The number of benzene rings is 2. The Morgan fingerprint density at radius 2 is 1.70 bits per heavy atom. The Morgan fingerprint density at radius 1 is 1.00 bits per heavy atom. The predicted octanol–water partition coefficient (Wildman–Crippen LogP) is 3.90. The minimum atomic E-state index is -0.233. The molecule has 0 heterocycles. The Labute approximate surface area is 118 Å². The van der Waals surface area contributed by atoms with Crippen LogP contribution in [0.15, 0.2) is 48.5 Å². The van der Waals surface area contributed by atoms with Crippen molar-refractivity contribution in [3.05, 3.63) is 71.3 Å². The quantitative estimate of drug-likeness (QED) is 0.843. The van der Waals surface area contributed by atoms with Gasteiger partial charge in [0.15, 0.2) is 0 Å². The van der Waals surface area contributed by atoms with Crippen LogP contribution in [0.3, 0.4) is 0 Å². The molecule has 1 nitrogen and oxygen atoms in total. The van der Waals surface area contributed by atoms with Crippen molar-refractivity contribution in [3.8, 4) is 0 Å². The molecule has 2 aromatic carbocycles. The molecule has 0 bridgehead atoms. The second-order valence-corrected chi connectivity index (χ2v) is 4.89. The van der Waals surface area contributed by atoms with Gasteiger partial charge in [0.1, 0.15) is 11.6 Å². The predicted molar refractivity (Wildman–Crippen MR) is 77.8 cm³/mol. The number of halogens is 2. The van der Waals surface area contributed by atoms with Crippen molar-refractivity contribution in [3.63, 3.8) is 0 Å². The standard InChI is InChI=1S/C17H19F2N/c1-2-20-12-15(14-6-4-8-17(19)11-14)9-13-5-3-7-16(18)10-13/h3-8,10-11,15,20H,2,9,12H2,1H3. The molecule has 0 saturated carbocycles. The molecule has 0 aliphatic carbocycles. The van der Waals surface area contributed by atoms with Gasteiger partial charge in [0.25, 0.3) is 0 Å². The summed E-state index contributed by atoms with van der Waals surface area (Å²) in [5.41, 5.74) is 1.87. The molecular formula is C17H19F2N. The summed E-state index contributed by atoms with van der Waals surface area (Å²) in [6.45, 7) is 3.64. The van der Waals surface area contributed by atoms with E-state index in [-0.39, 0.29) is 17.6 Å². The number of likely N-dealkylation sites (N-methyl/N-ethyl adjacent to an activating group) is 1. The lowest BCUT2D eigenvalue weighted by molar-refractivity contribution is 0.578. The summed E-state index contributed by atoms with van der Waals surface area (Å²) in [6.07, 6.45) is 0.689. The molecule has 0 aliphatic heterocycles. The molecule has 106 valence electrons. The van der Waals surface area contributed by atoms with Crippen molar-refractivity contribution >= 4 is 0 Å². The highest BCUT2D eigenvalue weighted by Crippen LogP contribution is 2.21. The van der Waals surface area contributed by atoms with Crippen LogP contribution in [0.1, 0.15) is 24.0 Å². The Morgan fingerprint density at radius 3 is 2.35 bits per heavy atom. The van der Waals surface area contributed by atoms with Crippen LogP contribution in [-0.2, 0) is 6.42 Å². The molecule has 0 aliphatic rings. The molecule has 0 saturated heterocycles. The van der Waals surface area contributed by atoms with E-state index in [2.05, 4.69) is 5.32 Å². The third-order valence-electron chi connectivity index (χ3n) is 3.33. The molecule has 1 atom stereocenters. The molecule has 0 spiro atoms. The van der Waals surface area contributed by atoms with Gasteiger partial charge in [-0.25, -0.2) is 8.78 Å². The molecule has 1 unspecified atom stereocenters. The van der Waals surface area contributed by atoms with Crippen LogP contribution in [-0.4, -0.2) is 13.1 Å². The molecule has 2 rings (SSSR count). The monoisotopic (exact) mass is 275 g/mol. The summed E-state index contributed by atoms with van der Waals surface area (Å²) in [6, 6.07) is 13.2. The largest absolute Gasteiger partial charge is 0.316 e. The van der Waals surface area contributed by atoms with Gasteiger partial charge in [-0.15, -0.1) is 0 Å². The highest BCUT2D eigenvalue weighted by Gasteiger charge is 2.13. The second-order valence-electron chi connectivity index (χ2n) is 4.89. The number of rotatable bonds is 6. The van der Waals surface area contributed by atoms with E-state index in [4.69, 9.17) is 0 Å². The zero-order valence-electron chi connectivity index (χ0n) is 11.6. The first-order chi connectivity index (χ1) is 9.69. The van der Waals surface area contributed by atoms with Gasteiger partial charge in [-0.3, -0.25) is 0 Å². The maximum atomic E-state index is 13.4. The lowest BCUT2D eigenvalue weighted by Gasteiger charge is -2.18. The summed E-state index contributed by atoms with van der Waals surface area (Å²) in [5.74, 6) is -0.334. The molecule has 0 amide bonds. The van der Waals surface area contributed by atoms with Crippen LogP contribution in [0.25, 0.3) is 0 Å². The maximum absolute atomic E-state index is 13.4. The van der Waals surface area contributed by atoms with Gasteiger partial charge in [-0.1, -0.05) is 31.2 Å². The van der Waals surface area contributed by atoms with Crippen molar-refractivity contribution in [1.29, 1.82) is 0 Å². The van der Waals surface area contributed by atoms with Crippen LogP contribution in [0, 0.1) is 11.6 Å². The third-order valence-corrected chi connectivity index (χ3v) is 3.33. The molecule has 0 fully saturated rings. The van der Waals surface area contributed by atoms with Crippen LogP contribution in [0.2, 0.25) is 0 Å². The molecule has 0 aromatic heterocycles. The average Bonchev–Trinajstić information content (AvgIpc) is 2.43. The van der Waals surface area contributed by atoms with E-state index in [1.807, 2.05) is 19.1 Å². The van der Waals surface area contributed by atoms with Crippen molar-refractivity contribution in [2.24, 2.45) is 0 Å². The minimum absolute atomic E-state index is 0.132. The smallest absolute Gasteiger partial charge is 0.123 e. The first-order valence-corrected chi connectivity index (χ1v) is 6.89. The van der Waals surface area contributed by atoms with E-state index in [0.717, 1.165) is 24.2 Å². The summed E-state index contributed by atoms with van der Waals surface area (Å²) >= 11 is 0. The van der Waals surface area contributed by atoms with E-state index < -0.39 is 0 Å². The molecule has 20 heavy (non-hydrogen) atoms.